The van der Waals surface area contributed by atoms with Crippen molar-refractivity contribution in [2.45, 2.75) is 19.8 Å². The van der Waals surface area contributed by atoms with Crippen LogP contribution in [0.4, 0.5) is 0 Å². The number of aromatic nitrogens is 3. The molecule has 0 aliphatic carbocycles. The monoisotopic (exact) mass is 236 g/mol. The van der Waals surface area contributed by atoms with Gasteiger partial charge in [-0.1, -0.05) is 19.4 Å². The van der Waals surface area contributed by atoms with Crippen LogP contribution in [0.1, 0.15) is 19.2 Å². The minimum Gasteiger partial charge on any atom is -0.330 e. The highest BCUT2D eigenvalue weighted by Gasteiger charge is 2.10. The quantitative estimate of drug-likeness (QED) is 0.835. The summed E-state index contributed by atoms with van der Waals surface area (Å²) in [4.78, 5) is 5.58. The lowest BCUT2D eigenvalue weighted by Crippen LogP contribution is -2.16. The van der Waals surface area contributed by atoms with Crippen molar-refractivity contribution in [2.75, 3.05) is 6.54 Å². The van der Waals surface area contributed by atoms with Gasteiger partial charge < -0.3 is 5.73 Å². The Hall–Kier alpha value is -1.20. The molecule has 0 saturated carbocycles. The van der Waals surface area contributed by atoms with E-state index in [1.54, 1.807) is 11.3 Å². The molecule has 5 heteroatoms. The summed E-state index contributed by atoms with van der Waals surface area (Å²) in [5.41, 5.74) is 5.67. The van der Waals surface area contributed by atoms with Gasteiger partial charge in [0.15, 0.2) is 5.82 Å². The molecule has 86 valence electrons. The molecular formula is C11H16N4S. The number of hydrogen-bond donors (Lipinski definition) is 2. The van der Waals surface area contributed by atoms with Gasteiger partial charge in [0.2, 0.25) is 0 Å². The Morgan fingerprint density at radius 1 is 1.56 bits per heavy atom. The van der Waals surface area contributed by atoms with Crippen LogP contribution in [0.25, 0.3) is 10.7 Å². The molecule has 0 fully saturated rings. The number of aromatic amines is 1. The second-order valence-corrected chi connectivity index (χ2v) is 4.74. The van der Waals surface area contributed by atoms with Crippen LogP contribution in [0, 0.1) is 5.92 Å². The molecule has 4 nitrogen and oxygen atoms in total. The number of thiophene rings is 1. The lowest BCUT2D eigenvalue weighted by molar-refractivity contribution is 0.506. The van der Waals surface area contributed by atoms with Crippen molar-refractivity contribution in [1.82, 2.24) is 15.2 Å². The normalized spacial score (nSPS) is 12.9. The molecule has 1 unspecified atom stereocenters. The maximum Gasteiger partial charge on any atom is 0.191 e. The second-order valence-electron chi connectivity index (χ2n) is 3.80. The summed E-state index contributed by atoms with van der Waals surface area (Å²) in [7, 11) is 0. The van der Waals surface area contributed by atoms with Gasteiger partial charge in [-0.25, -0.2) is 4.98 Å². The van der Waals surface area contributed by atoms with Gasteiger partial charge in [0.25, 0.3) is 0 Å². The highest BCUT2D eigenvalue weighted by Crippen LogP contribution is 2.21. The van der Waals surface area contributed by atoms with Gasteiger partial charge in [-0.3, -0.25) is 5.10 Å². The SMILES string of the molecule is CCC(CN)Cc1nc(-c2cccs2)n[nH]1. The van der Waals surface area contributed by atoms with E-state index in [1.165, 1.54) is 0 Å². The maximum atomic E-state index is 5.67. The van der Waals surface area contributed by atoms with E-state index in [-0.39, 0.29) is 0 Å². The Morgan fingerprint density at radius 3 is 3.06 bits per heavy atom. The predicted molar refractivity (Wildman–Crippen MR) is 66.2 cm³/mol. The molecule has 0 aliphatic rings. The fourth-order valence-electron chi connectivity index (χ4n) is 1.57. The standard InChI is InChI=1S/C11H16N4S/c1-2-8(7-12)6-10-13-11(15-14-10)9-4-3-5-16-9/h3-5,8H,2,6-7,12H2,1H3,(H,13,14,15). The first-order valence-electron chi connectivity index (χ1n) is 5.48. The minimum atomic E-state index is 0.490. The first-order valence-corrected chi connectivity index (χ1v) is 6.36. The number of H-pyrrole nitrogens is 1. The average molecular weight is 236 g/mol. The zero-order valence-electron chi connectivity index (χ0n) is 9.31. The Morgan fingerprint density at radius 2 is 2.44 bits per heavy atom. The molecule has 0 aliphatic heterocycles. The smallest absolute Gasteiger partial charge is 0.191 e. The number of nitrogens with two attached hydrogens (primary N) is 1. The summed E-state index contributed by atoms with van der Waals surface area (Å²) in [6, 6.07) is 4.03. The van der Waals surface area contributed by atoms with Crippen LogP contribution in [-0.2, 0) is 6.42 Å². The molecule has 2 heterocycles. The van der Waals surface area contributed by atoms with Crippen molar-refractivity contribution in [3.63, 3.8) is 0 Å². The van der Waals surface area contributed by atoms with Crippen LogP contribution in [-0.4, -0.2) is 21.7 Å². The van der Waals surface area contributed by atoms with Crippen molar-refractivity contribution >= 4 is 11.3 Å². The fourth-order valence-corrected chi connectivity index (χ4v) is 2.23. The number of nitrogens with one attached hydrogen (secondary N) is 1. The minimum absolute atomic E-state index is 0.490. The van der Waals surface area contributed by atoms with Gasteiger partial charge in [-0.05, 0) is 23.9 Å². The number of hydrogen-bond acceptors (Lipinski definition) is 4. The molecule has 0 spiro atoms. The van der Waals surface area contributed by atoms with Crippen molar-refractivity contribution in [3.05, 3.63) is 23.3 Å². The summed E-state index contributed by atoms with van der Waals surface area (Å²) < 4.78 is 0. The van der Waals surface area contributed by atoms with Crippen molar-refractivity contribution in [2.24, 2.45) is 11.7 Å². The van der Waals surface area contributed by atoms with E-state index >= 15 is 0 Å². The number of rotatable bonds is 5. The second kappa shape index (κ2) is 5.23. The molecule has 16 heavy (non-hydrogen) atoms. The summed E-state index contributed by atoms with van der Waals surface area (Å²) in [6.07, 6.45) is 1.96. The van der Waals surface area contributed by atoms with Gasteiger partial charge in [-0.2, -0.15) is 5.10 Å². The van der Waals surface area contributed by atoms with Crippen molar-refractivity contribution in [1.29, 1.82) is 0 Å². The lowest BCUT2D eigenvalue weighted by Gasteiger charge is -2.08. The van der Waals surface area contributed by atoms with Crippen LogP contribution >= 0.6 is 11.3 Å². The van der Waals surface area contributed by atoms with Crippen LogP contribution in [0.5, 0.6) is 0 Å². The lowest BCUT2D eigenvalue weighted by atomic mass is 10.0. The van der Waals surface area contributed by atoms with Crippen molar-refractivity contribution in [3.8, 4) is 10.7 Å². The topological polar surface area (TPSA) is 67.6 Å². The Kier molecular flexibility index (Phi) is 3.69. The van der Waals surface area contributed by atoms with Gasteiger partial charge in [0, 0.05) is 6.42 Å². The summed E-state index contributed by atoms with van der Waals surface area (Å²) >= 11 is 1.65. The van der Waals surface area contributed by atoms with Gasteiger partial charge in [-0.15, -0.1) is 11.3 Å². The largest absolute Gasteiger partial charge is 0.330 e. The van der Waals surface area contributed by atoms with E-state index in [0.29, 0.717) is 12.5 Å². The molecule has 2 aromatic rings. The summed E-state index contributed by atoms with van der Waals surface area (Å²) in [5, 5.41) is 9.22. The van der Waals surface area contributed by atoms with Crippen LogP contribution < -0.4 is 5.73 Å². The molecule has 0 bridgehead atoms. The summed E-state index contributed by atoms with van der Waals surface area (Å²) in [6.45, 7) is 2.85. The van der Waals surface area contributed by atoms with E-state index in [9.17, 15) is 0 Å². The van der Waals surface area contributed by atoms with Crippen molar-refractivity contribution < 1.29 is 0 Å². The zero-order valence-corrected chi connectivity index (χ0v) is 10.1. The Bertz CT molecular complexity index is 417. The molecular weight excluding hydrogens is 220 g/mol. The Balaban J connectivity index is 2.08. The van der Waals surface area contributed by atoms with E-state index in [2.05, 4.69) is 22.1 Å². The average Bonchev–Trinajstić information content (AvgIpc) is 2.96. The zero-order chi connectivity index (χ0) is 11.4. The van der Waals surface area contributed by atoms with Crippen LogP contribution in [0.15, 0.2) is 17.5 Å². The molecule has 0 amide bonds. The Labute approximate surface area is 98.9 Å². The van der Waals surface area contributed by atoms with E-state index in [1.807, 2.05) is 17.5 Å². The van der Waals surface area contributed by atoms with Gasteiger partial charge in [0.05, 0.1) is 4.88 Å². The molecule has 1 atom stereocenters. The van der Waals surface area contributed by atoms with Crippen LogP contribution in [0.3, 0.4) is 0 Å². The van der Waals surface area contributed by atoms with Gasteiger partial charge >= 0.3 is 0 Å². The third-order valence-corrected chi connectivity index (χ3v) is 3.53. The molecule has 0 radical (unpaired) electrons. The molecule has 3 N–H and O–H groups in total. The molecule has 0 aromatic carbocycles. The van der Waals surface area contributed by atoms with Crippen LogP contribution in [0.2, 0.25) is 0 Å². The molecule has 0 saturated heterocycles. The summed E-state index contributed by atoms with van der Waals surface area (Å²) in [5.74, 6) is 2.21. The molecule has 2 rings (SSSR count). The highest BCUT2D eigenvalue weighted by molar-refractivity contribution is 7.13. The number of nitrogens with zero attached hydrogens (tertiary/aromatic N) is 2. The molecule has 2 aromatic heterocycles. The maximum absolute atomic E-state index is 5.67. The first kappa shape index (κ1) is 11.3. The van der Waals surface area contributed by atoms with E-state index < -0.39 is 0 Å². The third kappa shape index (κ3) is 2.48. The predicted octanol–water partition coefficient (Wildman–Crippen LogP) is 2.06. The van der Waals surface area contributed by atoms with E-state index in [4.69, 9.17) is 5.73 Å². The van der Waals surface area contributed by atoms with Gasteiger partial charge in [0.1, 0.15) is 5.82 Å². The first-order chi connectivity index (χ1) is 7.83. The fraction of sp³-hybridized carbons (Fsp3) is 0.455. The van der Waals surface area contributed by atoms with E-state index in [0.717, 1.165) is 29.4 Å². The highest BCUT2D eigenvalue weighted by atomic mass is 32.1. The third-order valence-electron chi connectivity index (χ3n) is 2.67.